The fourth-order valence-electron chi connectivity index (χ4n) is 3.08. The van der Waals surface area contributed by atoms with E-state index in [9.17, 15) is 8.42 Å². The van der Waals surface area contributed by atoms with Crippen LogP contribution in [-0.2, 0) is 10.0 Å². The summed E-state index contributed by atoms with van der Waals surface area (Å²) in [6.45, 7) is 1.10. The normalized spacial score (nSPS) is 18.0. The summed E-state index contributed by atoms with van der Waals surface area (Å²) in [4.78, 5) is 6.51. The molecule has 1 aromatic heterocycles. The number of rotatable bonds is 3. The molecule has 0 saturated heterocycles. The summed E-state index contributed by atoms with van der Waals surface area (Å²) >= 11 is 0. The summed E-state index contributed by atoms with van der Waals surface area (Å²) < 4.78 is 27.5. The minimum Gasteiger partial charge on any atom is -0.371 e. The number of anilines is 2. The number of likely N-dealkylation sites (N-methyl/N-ethyl adjacent to an activating group) is 1. The second-order valence-corrected chi connectivity index (χ2v) is 8.07. The van der Waals surface area contributed by atoms with Gasteiger partial charge in [0.25, 0.3) is 10.0 Å². The van der Waals surface area contributed by atoms with Crippen molar-refractivity contribution in [1.82, 2.24) is 4.98 Å². The molecule has 0 bridgehead atoms. The predicted octanol–water partition coefficient (Wildman–Crippen LogP) is 2.60. The Labute approximate surface area is 136 Å². The Morgan fingerprint density at radius 1 is 1.04 bits per heavy atom. The van der Waals surface area contributed by atoms with Gasteiger partial charge in [0.05, 0.1) is 29.0 Å². The van der Waals surface area contributed by atoms with Gasteiger partial charge in [-0.1, -0.05) is 12.1 Å². The molecular weight excluding hydrogens is 310 g/mol. The topological polar surface area (TPSA) is 53.5 Å². The molecule has 6 heteroatoms. The van der Waals surface area contributed by atoms with Crippen LogP contribution >= 0.6 is 0 Å². The Morgan fingerprint density at radius 3 is 2.48 bits per heavy atom. The maximum Gasteiger partial charge on any atom is 0.264 e. The van der Waals surface area contributed by atoms with E-state index < -0.39 is 10.0 Å². The van der Waals surface area contributed by atoms with E-state index in [0.29, 0.717) is 29.6 Å². The quantitative estimate of drug-likeness (QED) is 0.868. The second kappa shape index (κ2) is 5.23. The van der Waals surface area contributed by atoms with Crippen molar-refractivity contribution in [3.63, 3.8) is 0 Å². The molecule has 23 heavy (non-hydrogen) atoms. The molecule has 0 unspecified atom stereocenters. The molecule has 1 aromatic carbocycles. The van der Waals surface area contributed by atoms with E-state index in [-0.39, 0.29) is 0 Å². The van der Waals surface area contributed by atoms with Crippen LogP contribution in [0.3, 0.4) is 0 Å². The Morgan fingerprint density at radius 2 is 1.78 bits per heavy atom. The van der Waals surface area contributed by atoms with Crippen molar-refractivity contribution in [1.29, 1.82) is 0 Å². The van der Waals surface area contributed by atoms with Crippen molar-refractivity contribution in [3.05, 3.63) is 48.3 Å². The van der Waals surface area contributed by atoms with Gasteiger partial charge in [-0.25, -0.2) is 8.42 Å². The van der Waals surface area contributed by atoms with E-state index in [0.717, 1.165) is 5.69 Å². The van der Waals surface area contributed by atoms with E-state index in [2.05, 4.69) is 9.88 Å². The lowest BCUT2D eigenvalue weighted by Gasteiger charge is -2.35. The third-order valence-electron chi connectivity index (χ3n) is 4.61. The van der Waals surface area contributed by atoms with E-state index in [1.54, 1.807) is 24.5 Å². The van der Waals surface area contributed by atoms with E-state index >= 15 is 0 Å². The number of hydrogen-bond acceptors (Lipinski definition) is 4. The van der Waals surface area contributed by atoms with Crippen molar-refractivity contribution in [3.8, 4) is 0 Å². The highest BCUT2D eigenvalue weighted by Gasteiger charge is 2.31. The lowest BCUT2D eigenvalue weighted by molar-refractivity contribution is 0.589. The Hall–Kier alpha value is -2.08. The first kappa shape index (κ1) is 14.5. The van der Waals surface area contributed by atoms with Crippen LogP contribution in [0.15, 0.2) is 47.6 Å². The molecule has 1 fully saturated rings. The number of pyridine rings is 1. The van der Waals surface area contributed by atoms with Crippen molar-refractivity contribution in [2.24, 2.45) is 0 Å². The van der Waals surface area contributed by atoms with Crippen molar-refractivity contribution >= 4 is 21.4 Å². The van der Waals surface area contributed by atoms with Gasteiger partial charge in [-0.05, 0) is 42.5 Å². The number of sulfonamides is 1. The van der Waals surface area contributed by atoms with Crippen LogP contribution in [0.1, 0.15) is 24.3 Å². The van der Waals surface area contributed by atoms with Gasteiger partial charge >= 0.3 is 0 Å². The summed E-state index contributed by atoms with van der Waals surface area (Å²) in [5.74, 6) is 0.625. The van der Waals surface area contributed by atoms with Gasteiger partial charge in [0.1, 0.15) is 0 Å². The average Bonchev–Trinajstić information content (AvgIpc) is 3.40. The fraction of sp³-hybridized carbons (Fsp3) is 0.353. The summed E-state index contributed by atoms with van der Waals surface area (Å²) in [5.41, 5.74) is 2.78. The van der Waals surface area contributed by atoms with Crippen molar-refractivity contribution < 1.29 is 8.42 Å². The number of hydrogen-bond donors (Lipinski definition) is 0. The van der Waals surface area contributed by atoms with Crippen LogP contribution < -0.4 is 9.21 Å². The van der Waals surface area contributed by atoms with E-state index in [4.69, 9.17) is 0 Å². The molecule has 0 atom stereocenters. The molecule has 1 aliphatic heterocycles. The van der Waals surface area contributed by atoms with Gasteiger partial charge in [-0.3, -0.25) is 9.29 Å². The molecule has 1 saturated carbocycles. The van der Waals surface area contributed by atoms with Crippen molar-refractivity contribution in [2.75, 3.05) is 29.3 Å². The number of benzene rings is 1. The molecule has 0 spiro atoms. The monoisotopic (exact) mass is 329 g/mol. The molecule has 4 rings (SSSR count). The van der Waals surface area contributed by atoms with Crippen LogP contribution in [0, 0.1) is 0 Å². The van der Waals surface area contributed by atoms with Crippen LogP contribution in [0.5, 0.6) is 0 Å². The second-order valence-electron chi connectivity index (χ2n) is 6.21. The van der Waals surface area contributed by atoms with Gasteiger partial charge in [0.15, 0.2) is 0 Å². The zero-order valence-corrected chi connectivity index (χ0v) is 13.8. The number of nitrogens with zero attached hydrogens (tertiary/aromatic N) is 3. The average molecular weight is 329 g/mol. The third-order valence-corrected chi connectivity index (χ3v) is 6.44. The first-order valence-corrected chi connectivity index (χ1v) is 9.29. The minimum atomic E-state index is -3.55. The Balaban J connectivity index is 1.72. The SMILES string of the molecule is CN1CCN(S(=O)(=O)c2ccc(C3CC3)cc2)c2cnccc21. The standard InChI is InChI=1S/C17H19N3O2S/c1-19-10-11-20(17-12-18-9-8-16(17)19)23(21,22)15-6-4-14(5-7-15)13-2-3-13/h4-9,12-13H,2-3,10-11H2,1H3. The van der Waals surface area contributed by atoms with Crippen LogP contribution in [0.4, 0.5) is 11.4 Å². The summed E-state index contributed by atoms with van der Waals surface area (Å²) in [6, 6.07) is 9.22. The molecule has 2 heterocycles. The highest BCUT2D eigenvalue weighted by molar-refractivity contribution is 7.92. The van der Waals surface area contributed by atoms with Crippen LogP contribution in [-0.4, -0.2) is 33.5 Å². The highest BCUT2D eigenvalue weighted by Crippen LogP contribution is 2.40. The zero-order chi connectivity index (χ0) is 16.0. The first-order chi connectivity index (χ1) is 11.1. The molecule has 0 amide bonds. The first-order valence-electron chi connectivity index (χ1n) is 7.85. The summed E-state index contributed by atoms with van der Waals surface area (Å²) in [6.07, 6.45) is 5.74. The number of aromatic nitrogens is 1. The molecule has 120 valence electrons. The molecule has 2 aliphatic rings. The molecule has 1 aliphatic carbocycles. The maximum atomic E-state index is 13.0. The fourth-order valence-corrected chi connectivity index (χ4v) is 4.54. The van der Waals surface area contributed by atoms with E-state index in [1.165, 1.54) is 22.7 Å². The van der Waals surface area contributed by atoms with Crippen LogP contribution in [0.25, 0.3) is 0 Å². The maximum absolute atomic E-state index is 13.0. The predicted molar refractivity (Wildman–Crippen MR) is 90.5 cm³/mol. The molecule has 0 radical (unpaired) electrons. The van der Waals surface area contributed by atoms with Crippen LogP contribution in [0.2, 0.25) is 0 Å². The number of fused-ring (bicyclic) bond motifs is 1. The summed E-state index contributed by atoms with van der Waals surface area (Å²) in [5, 5.41) is 0. The largest absolute Gasteiger partial charge is 0.371 e. The van der Waals surface area contributed by atoms with Gasteiger partial charge in [-0.2, -0.15) is 0 Å². The summed E-state index contributed by atoms with van der Waals surface area (Å²) in [7, 11) is -1.59. The lowest BCUT2D eigenvalue weighted by Crippen LogP contribution is -2.42. The van der Waals surface area contributed by atoms with Crippen molar-refractivity contribution in [2.45, 2.75) is 23.7 Å². The molecule has 0 N–H and O–H groups in total. The van der Waals surface area contributed by atoms with Gasteiger partial charge < -0.3 is 4.90 Å². The van der Waals surface area contributed by atoms with Gasteiger partial charge in [0.2, 0.25) is 0 Å². The third kappa shape index (κ3) is 2.47. The highest BCUT2D eigenvalue weighted by atomic mass is 32.2. The lowest BCUT2D eigenvalue weighted by atomic mass is 10.1. The zero-order valence-electron chi connectivity index (χ0n) is 13.0. The van der Waals surface area contributed by atoms with Gasteiger partial charge in [-0.15, -0.1) is 0 Å². The van der Waals surface area contributed by atoms with Gasteiger partial charge in [0, 0.05) is 19.8 Å². The smallest absolute Gasteiger partial charge is 0.264 e. The Bertz CT molecular complexity index is 829. The minimum absolute atomic E-state index is 0.348. The molecular formula is C17H19N3O2S. The van der Waals surface area contributed by atoms with E-state index in [1.807, 2.05) is 25.2 Å². The molecule has 2 aromatic rings. The Kier molecular flexibility index (Phi) is 3.30. The molecule has 5 nitrogen and oxygen atoms in total.